The van der Waals surface area contributed by atoms with Crippen LogP contribution in [0.2, 0.25) is 0 Å². The first-order chi connectivity index (χ1) is 14.2. The second kappa shape index (κ2) is 7.95. The fourth-order valence-electron chi connectivity index (χ4n) is 8.04. The molecule has 30 heavy (non-hydrogen) atoms. The molecular weight excluding hydrogens is 372 g/mol. The molecule has 0 heterocycles. The summed E-state index contributed by atoms with van der Waals surface area (Å²) >= 11 is 0. The van der Waals surface area contributed by atoms with E-state index in [-0.39, 0.29) is 11.3 Å². The molecule has 0 aromatic carbocycles. The average molecular weight is 413 g/mol. The van der Waals surface area contributed by atoms with Gasteiger partial charge in [-0.3, -0.25) is 9.59 Å². The highest BCUT2D eigenvalue weighted by atomic mass is 16.4. The van der Waals surface area contributed by atoms with Gasteiger partial charge >= 0.3 is 5.97 Å². The van der Waals surface area contributed by atoms with Crippen molar-refractivity contribution in [3.63, 3.8) is 0 Å². The number of aliphatic carboxylic acids is 1. The molecule has 0 aromatic rings. The van der Waals surface area contributed by atoms with Crippen LogP contribution < -0.4 is 0 Å². The maximum absolute atomic E-state index is 12.0. The molecule has 4 aliphatic rings. The van der Waals surface area contributed by atoms with Crippen molar-refractivity contribution in [2.45, 2.75) is 85.5 Å². The van der Waals surface area contributed by atoms with Gasteiger partial charge in [0.25, 0.3) is 0 Å². The van der Waals surface area contributed by atoms with E-state index in [0.717, 1.165) is 37.5 Å². The molecule has 2 saturated carbocycles. The number of hydrogen-bond donors (Lipinski definition) is 1. The summed E-state index contributed by atoms with van der Waals surface area (Å²) in [5, 5.41) is 9.15. The van der Waals surface area contributed by atoms with E-state index in [2.05, 4.69) is 32.9 Å². The van der Waals surface area contributed by atoms with Crippen LogP contribution in [0.4, 0.5) is 0 Å². The summed E-state index contributed by atoms with van der Waals surface area (Å²) < 4.78 is 0. The predicted molar refractivity (Wildman–Crippen MR) is 120 cm³/mol. The molecule has 0 saturated heterocycles. The molecule has 2 fully saturated rings. The molecule has 0 bridgehead atoms. The third-order valence-electron chi connectivity index (χ3n) is 9.99. The van der Waals surface area contributed by atoms with Crippen LogP contribution in [0.25, 0.3) is 0 Å². The molecule has 0 amide bonds. The zero-order chi connectivity index (χ0) is 21.7. The number of carbonyl (C=O) groups is 2. The van der Waals surface area contributed by atoms with E-state index in [1.165, 1.54) is 31.3 Å². The van der Waals surface area contributed by atoms with Gasteiger partial charge in [-0.05, 0) is 90.6 Å². The third kappa shape index (κ3) is 3.50. The van der Waals surface area contributed by atoms with Gasteiger partial charge in [-0.25, -0.2) is 0 Å². The second-order valence-corrected chi connectivity index (χ2v) is 11.5. The average Bonchev–Trinajstić information content (AvgIpc) is 3.05. The lowest BCUT2D eigenvalue weighted by Gasteiger charge is -2.56. The van der Waals surface area contributed by atoms with Gasteiger partial charge in [0.1, 0.15) is 0 Å². The number of allylic oxidation sites excluding steroid dienone is 4. The minimum Gasteiger partial charge on any atom is -0.481 e. The highest BCUT2D eigenvalue weighted by molar-refractivity contribution is 5.92. The molecule has 5 unspecified atom stereocenters. The quantitative estimate of drug-likeness (QED) is 0.546. The summed E-state index contributed by atoms with van der Waals surface area (Å²) in [5.41, 5.74) is 1.88. The Balaban J connectivity index is 1.47. The van der Waals surface area contributed by atoms with Crippen LogP contribution in [0, 0.1) is 46.3 Å². The SMILES string of the molecule is CC(CCC[C@@H](C)C(=O)O)C1CCC2C3C=CC4=CC(=O)CC[C@]4(C)C3CC[C@]12C. The molecule has 3 nitrogen and oxygen atoms in total. The van der Waals surface area contributed by atoms with Crippen LogP contribution in [0.15, 0.2) is 23.8 Å². The first-order valence-electron chi connectivity index (χ1n) is 12.3. The van der Waals surface area contributed by atoms with Crippen molar-refractivity contribution in [2.75, 3.05) is 0 Å². The fraction of sp³-hybridized carbons (Fsp3) is 0.778. The maximum atomic E-state index is 12.0. The lowest BCUT2D eigenvalue weighted by atomic mass is 9.48. The van der Waals surface area contributed by atoms with Gasteiger partial charge in [0.15, 0.2) is 5.78 Å². The van der Waals surface area contributed by atoms with Crippen LogP contribution in [-0.2, 0) is 9.59 Å². The monoisotopic (exact) mass is 412 g/mol. The minimum atomic E-state index is -0.663. The predicted octanol–water partition coefficient (Wildman–Crippen LogP) is 6.44. The van der Waals surface area contributed by atoms with Gasteiger partial charge in [0.05, 0.1) is 5.92 Å². The van der Waals surface area contributed by atoms with E-state index in [1.54, 1.807) is 0 Å². The first-order valence-corrected chi connectivity index (χ1v) is 12.3. The highest BCUT2D eigenvalue weighted by Crippen LogP contribution is 2.66. The van der Waals surface area contributed by atoms with Crippen LogP contribution in [0.1, 0.15) is 85.5 Å². The largest absolute Gasteiger partial charge is 0.481 e. The van der Waals surface area contributed by atoms with Crippen LogP contribution >= 0.6 is 0 Å². The molecule has 0 aromatic heterocycles. The van der Waals surface area contributed by atoms with Crippen LogP contribution in [0.3, 0.4) is 0 Å². The van der Waals surface area contributed by atoms with Crippen molar-refractivity contribution in [1.29, 1.82) is 0 Å². The Morgan fingerprint density at radius 1 is 1.13 bits per heavy atom. The van der Waals surface area contributed by atoms with E-state index in [4.69, 9.17) is 5.11 Å². The fourth-order valence-corrected chi connectivity index (χ4v) is 8.04. The van der Waals surface area contributed by atoms with Crippen molar-refractivity contribution >= 4 is 11.8 Å². The van der Waals surface area contributed by atoms with Gasteiger partial charge in [-0.15, -0.1) is 0 Å². The number of fused-ring (bicyclic) bond motifs is 5. The van der Waals surface area contributed by atoms with Crippen molar-refractivity contribution in [2.24, 2.45) is 46.3 Å². The Morgan fingerprint density at radius 3 is 2.63 bits per heavy atom. The summed E-state index contributed by atoms with van der Waals surface area (Å²) in [6.45, 7) is 9.24. The Bertz CT molecular complexity index is 764. The van der Waals surface area contributed by atoms with Gasteiger partial charge in [-0.2, -0.15) is 0 Å². The summed E-state index contributed by atoms with van der Waals surface area (Å²) in [4.78, 5) is 23.1. The normalized spacial score (nSPS) is 42.0. The van der Waals surface area contributed by atoms with Gasteiger partial charge < -0.3 is 5.11 Å². The number of hydrogen-bond acceptors (Lipinski definition) is 2. The Morgan fingerprint density at radius 2 is 1.90 bits per heavy atom. The standard InChI is InChI=1S/C27H40O3/c1-17(6-5-7-18(2)25(29)30)22-10-11-23-21-9-8-19-16-20(28)12-14-26(19,3)24(21)13-15-27(22,23)4/h8-9,16-18,21-24H,5-7,10-15H2,1-4H3,(H,29,30)/t17?,18-,21?,22?,23?,24?,26+,27-/m1/s1. The molecule has 8 atom stereocenters. The molecule has 166 valence electrons. The Labute approximate surface area is 182 Å². The minimum absolute atomic E-state index is 0.186. The summed E-state index contributed by atoms with van der Waals surface area (Å²) in [6, 6.07) is 0. The molecule has 0 radical (unpaired) electrons. The Kier molecular flexibility index (Phi) is 5.79. The molecule has 0 spiro atoms. The van der Waals surface area contributed by atoms with E-state index in [1.807, 2.05) is 13.0 Å². The summed E-state index contributed by atoms with van der Waals surface area (Å²) in [5.74, 6) is 2.94. The molecule has 4 aliphatic carbocycles. The number of carboxylic acids is 1. The number of carbonyl (C=O) groups excluding carboxylic acids is 1. The lowest BCUT2D eigenvalue weighted by molar-refractivity contribution is -0.141. The lowest BCUT2D eigenvalue weighted by Crippen LogP contribution is -2.49. The molecule has 3 heteroatoms. The highest BCUT2D eigenvalue weighted by Gasteiger charge is 2.58. The first kappa shape index (κ1) is 21.8. The second-order valence-electron chi connectivity index (χ2n) is 11.5. The van der Waals surface area contributed by atoms with E-state index >= 15 is 0 Å². The molecule has 1 N–H and O–H groups in total. The molecular formula is C27H40O3. The van der Waals surface area contributed by atoms with Crippen LogP contribution in [0.5, 0.6) is 0 Å². The number of rotatable bonds is 6. The van der Waals surface area contributed by atoms with Gasteiger partial charge in [0.2, 0.25) is 0 Å². The van der Waals surface area contributed by atoms with Crippen molar-refractivity contribution in [3.8, 4) is 0 Å². The van der Waals surface area contributed by atoms with Crippen molar-refractivity contribution < 1.29 is 14.7 Å². The van der Waals surface area contributed by atoms with Crippen molar-refractivity contribution in [3.05, 3.63) is 23.8 Å². The maximum Gasteiger partial charge on any atom is 0.306 e. The van der Waals surface area contributed by atoms with Gasteiger partial charge in [-0.1, -0.05) is 52.7 Å². The van der Waals surface area contributed by atoms with Gasteiger partial charge in [0, 0.05) is 6.42 Å². The van der Waals surface area contributed by atoms with E-state index < -0.39 is 5.97 Å². The summed E-state index contributed by atoms with van der Waals surface area (Å²) in [6.07, 6.45) is 16.7. The van der Waals surface area contributed by atoms with E-state index in [9.17, 15) is 9.59 Å². The molecule has 0 aliphatic heterocycles. The number of ketones is 1. The zero-order valence-corrected chi connectivity index (χ0v) is 19.3. The van der Waals surface area contributed by atoms with Crippen LogP contribution in [-0.4, -0.2) is 16.9 Å². The van der Waals surface area contributed by atoms with Crippen molar-refractivity contribution in [1.82, 2.24) is 0 Å². The smallest absolute Gasteiger partial charge is 0.306 e. The third-order valence-corrected chi connectivity index (χ3v) is 9.99. The zero-order valence-electron chi connectivity index (χ0n) is 19.3. The number of carboxylic acid groups (broad SMARTS) is 1. The summed E-state index contributed by atoms with van der Waals surface area (Å²) in [7, 11) is 0. The van der Waals surface area contributed by atoms with E-state index in [0.29, 0.717) is 35.4 Å². The molecule has 4 rings (SSSR count). The Hall–Kier alpha value is -1.38. The topological polar surface area (TPSA) is 54.4 Å².